The molecule has 1 N–H and O–H groups in total. The van der Waals surface area contributed by atoms with Gasteiger partial charge in [0.2, 0.25) is 5.88 Å². The van der Waals surface area contributed by atoms with Gasteiger partial charge in [-0.2, -0.15) is 0 Å². The van der Waals surface area contributed by atoms with E-state index in [9.17, 15) is 0 Å². The molecule has 1 atom stereocenters. The van der Waals surface area contributed by atoms with Crippen LogP contribution < -0.4 is 10.1 Å². The Labute approximate surface area is 125 Å². The van der Waals surface area contributed by atoms with E-state index in [2.05, 4.69) is 48.5 Å². The van der Waals surface area contributed by atoms with Gasteiger partial charge >= 0.3 is 0 Å². The third kappa shape index (κ3) is 3.13. The van der Waals surface area contributed by atoms with E-state index in [1.807, 2.05) is 13.1 Å². The van der Waals surface area contributed by atoms with E-state index in [0.29, 0.717) is 10.5 Å². The second kappa shape index (κ2) is 6.76. The average Bonchev–Trinajstić information content (AvgIpc) is 2.80. The molecule has 2 aromatic rings. The van der Waals surface area contributed by atoms with Gasteiger partial charge in [-0.05, 0) is 28.9 Å². The zero-order valence-corrected chi connectivity index (χ0v) is 13.3. The minimum Gasteiger partial charge on any atom is -0.481 e. The molecule has 7 nitrogen and oxygen atoms in total. The summed E-state index contributed by atoms with van der Waals surface area (Å²) in [5.41, 5.74) is 1.73. The number of hydrogen-bond acceptors (Lipinski definition) is 6. The van der Waals surface area contributed by atoms with Crippen LogP contribution in [0.4, 0.5) is 0 Å². The van der Waals surface area contributed by atoms with Crippen LogP contribution in [0.15, 0.2) is 17.0 Å². The number of aryl methyl sites for hydroxylation is 1. The maximum absolute atomic E-state index is 5.16. The highest BCUT2D eigenvalue weighted by molar-refractivity contribution is 9.10. The summed E-state index contributed by atoms with van der Waals surface area (Å²) < 4.78 is 7.59. The zero-order valence-electron chi connectivity index (χ0n) is 11.7. The Morgan fingerprint density at radius 2 is 2.25 bits per heavy atom. The molecule has 2 rings (SSSR count). The molecule has 0 aliphatic rings. The van der Waals surface area contributed by atoms with Crippen molar-refractivity contribution < 1.29 is 4.74 Å². The predicted molar refractivity (Wildman–Crippen MR) is 77.4 cm³/mol. The van der Waals surface area contributed by atoms with Gasteiger partial charge in [-0.1, -0.05) is 12.1 Å². The number of methoxy groups -OCH3 is 1. The smallest absolute Gasteiger partial charge is 0.216 e. The molecule has 108 valence electrons. The molecule has 0 saturated heterocycles. The lowest BCUT2D eigenvalue weighted by Crippen LogP contribution is -2.26. The van der Waals surface area contributed by atoms with Crippen molar-refractivity contribution in [3.05, 3.63) is 28.4 Å². The van der Waals surface area contributed by atoms with Crippen LogP contribution in [-0.2, 0) is 7.05 Å². The van der Waals surface area contributed by atoms with Gasteiger partial charge in [-0.15, -0.1) is 5.10 Å². The molecule has 1 unspecified atom stereocenters. The van der Waals surface area contributed by atoms with Crippen LogP contribution in [0.2, 0.25) is 0 Å². The molecule has 2 aromatic heterocycles. The normalized spacial score (nSPS) is 12.4. The SMILES string of the molecule is CCCNC(c1cc(OC)ncn1)c1c(Br)nnn1C. The molecule has 0 aliphatic carbocycles. The fourth-order valence-electron chi connectivity index (χ4n) is 1.90. The number of rotatable bonds is 6. The fraction of sp³-hybridized carbons (Fsp3) is 0.500. The highest BCUT2D eigenvalue weighted by atomic mass is 79.9. The Kier molecular flexibility index (Phi) is 5.02. The molecule has 0 radical (unpaired) electrons. The Morgan fingerprint density at radius 3 is 2.85 bits per heavy atom. The number of halogens is 1. The predicted octanol–water partition coefficient (Wildman–Crippen LogP) is 1.47. The molecule has 0 spiro atoms. The molecule has 0 aliphatic heterocycles. The monoisotopic (exact) mass is 340 g/mol. The molecule has 2 heterocycles. The summed E-state index contributed by atoms with van der Waals surface area (Å²) in [6.45, 7) is 2.97. The van der Waals surface area contributed by atoms with Crippen LogP contribution in [0.5, 0.6) is 5.88 Å². The molecule has 0 amide bonds. The van der Waals surface area contributed by atoms with Crippen LogP contribution in [0.3, 0.4) is 0 Å². The molecule has 0 saturated carbocycles. The van der Waals surface area contributed by atoms with E-state index in [4.69, 9.17) is 4.74 Å². The average molecular weight is 341 g/mol. The standard InChI is InChI=1S/C12H17BrN6O/c1-4-5-14-10(11-12(13)17-18-19(11)2)8-6-9(20-3)16-7-15-8/h6-7,10,14H,4-5H2,1-3H3. The minimum absolute atomic E-state index is 0.124. The summed E-state index contributed by atoms with van der Waals surface area (Å²) in [6.07, 6.45) is 2.51. The maximum atomic E-state index is 5.16. The summed E-state index contributed by atoms with van der Waals surface area (Å²) in [6, 6.07) is 1.69. The van der Waals surface area contributed by atoms with E-state index >= 15 is 0 Å². The van der Waals surface area contributed by atoms with Gasteiger partial charge in [-0.25, -0.2) is 14.6 Å². The van der Waals surface area contributed by atoms with Gasteiger partial charge in [0.15, 0.2) is 4.60 Å². The summed E-state index contributed by atoms with van der Waals surface area (Å²) in [7, 11) is 3.44. The molecular formula is C12H17BrN6O. The Hall–Kier alpha value is -1.54. The number of nitrogens with one attached hydrogen (secondary N) is 1. The van der Waals surface area contributed by atoms with E-state index in [0.717, 1.165) is 24.4 Å². The van der Waals surface area contributed by atoms with Gasteiger partial charge in [0, 0.05) is 13.1 Å². The summed E-state index contributed by atoms with van der Waals surface area (Å²) in [5.74, 6) is 0.532. The van der Waals surface area contributed by atoms with Crippen molar-refractivity contribution in [2.45, 2.75) is 19.4 Å². The third-order valence-corrected chi connectivity index (χ3v) is 3.43. The zero-order chi connectivity index (χ0) is 14.5. The van der Waals surface area contributed by atoms with E-state index in [-0.39, 0.29) is 6.04 Å². The second-order valence-corrected chi connectivity index (χ2v) is 5.01. The van der Waals surface area contributed by atoms with Crippen molar-refractivity contribution in [1.82, 2.24) is 30.3 Å². The van der Waals surface area contributed by atoms with Crippen molar-refractivity contribution >= 4 is 15.9 Å². The van der Waals surface area contributed by atoms with Gasteiger partial charge in [0.25, 0.3) is 0 Å². The van der Waals surface area contributed by atoms with Gasteiger partial charge in [0.1, 0.15) is 6.33 Å². The first-order valence-electron chi connectivity index (χ1n) is 6.31. The summed E-state index contributed by atoms with van der Waals surface area (Å²) in [5, 5.41) is 11.5. The van der Waals surface area contributed by atoms with Crippen LogP contribution in [0.25, 0.3) is 0 Å². The molecule has 0 bridgehead atoms. The molecule has 0 fully saturated rings. The minimum atomic E-state index is -0.124. The quantitative estimate of drug-likeness (QED) is 0.857. The van der Waals surface area contributed by atoms with Crippen LogP contribution in [0, 0.1) is 0 Å². The maximum Gasteiger partial charge on any atom is 0.216 e. The van der Waals surface area contributed by atoms with Crippen molar-refractivity contribution in [2.24, 2.45) is 7.05 Å². The number of nitrogens with zero attached hydrogens (tertiary/aromatic N) is 5. The number of aromatic nitrogens is 5. The van der Waals surface area contributed by atoms with Crippen LogP contribution >= 0.6 is 15.9 Å². The Morgan fingerprint density at radius 1 is 1.45 bits per heavy atom. The van der Waals surface area contributed by atoms with E-state index in [1.54, 1.807) is 11.8 Å². The molecular weight excluding hydrogens is 324 g/mol. The summed E-state index contributed by atoms with van der Waals surface area (Å²) >= 11 is 3.43. The lowest BCUT2D eigenvalue weighted by molar-refractivity contribution is 0.394. The van der Waals surface area contributed by atoms with Gasteiger partial charge < -0.3 is 10.1 Å². The van der Waals surface area contributed by atoms with Crippen molar-refractivity contribution in [3.8, 4) is 5.88 Å². The van der Waals surface area contributed by atoms with Crippen molar-refractivity contribution in [3.63, 3.8) is 0 Å². The first-order valence-corrected chi connectivity index (χ1v) is 7.11. The van der Waals surface area contributed by atoms with Crippen molar-refractivity contribution in [2.75, 3.05) is 13.7 Å². The topological polar surface area (TPSA) is 77.8 Å². The molecule has 8 heteroatoms. The number of ether oxygens (including phenoxy) is 1. The van der Waals surface area contributed by atoms with Gasteiger partial charge in [0.05, 0.1) is 24.5 Å². The van der Waals surface area contributed by atoms with Crippen LogP contribution in [0.1, 0.15) is 30.8 Å². The second-order valence-electron chi connectivity index (χ2n) is 4.26. The van der Waals surface area contributed by atoms with E-state index in [1.165, 1.54) is 6.33 Å². The first-order chi connectivity index (χ1) is 9.67. The van der Waals surface area contributed by atoms with Crippen molar-refractivity contribution in [1.29, 1.82) is 0 Å². The number of hydrogen-bond donors (Lipinski definition) is 1. The molecule has 20 heavy (non-hydrogen) atoms. The Bertz CT molecular complexity index is 553. The molecule has 0 aromatic carbocycles. The van der Waals surface area contributed by atoms with E-state index < -0.39 is 0 Å². The largest absolute Gasteiger partial charge is 0.481 e. The highest BCUT2D eigenvalue weighted by Crippen LogP contribution is 2.26. The summed E-state index contributed by atoms with van der Waals surface area (Å²) in [4.78, 5) is 8.37. The Balaban J connectivity index is 2.41. The van der Waals surface area contributed by atoms with Crippen LogP contribution in [-0.4, -0.2) is 38.6 Å². The lowest BCUT2D eigenvalue weighted by Gasteiger charge is -2.18. The fourth-order valence-corrected chi connectivity index (χ4v) is 2.45. The lowest BCUT2D eigenvalue weighted by atomic mass is 10.1. The third-order valence-electron chi connectivity index (χ3n) is 2.87. The van der Waals surface area contributed by atoms with Gasteiger partial charge in [-0.3, -0.25) is 0 Å². The highest BCUT2D eigenvalue weighted by Gasteiger charge is 2.23. The first kappa shape index (κ1) is 14.9.